The third-order valence-electron chi connectivity index (χ3n) is 2.62. The number of nitrogens with two attached hydrogens (primary N) is 1. The highest BCUT2D eigenvalue weighted by Crippen LogP contribution is 2.20. The van der Waals surface area contributed by atoms with Crippen LogP contribution in [0.2, 0.25) is 0 Å². The Bertz CT molecular complexity index is 112. The van der Waals surface area contributed by atoms with Crippen molar-refractivity contribution in [1.29, 1.82) is 0 Å². The molecular formula is C9H20N2. The van der Waals surface area contributed by atoms with E-state index in [4.69, 9.17) is 5.73 Å². The SMILES string of the molecule is CC(C)N1CC[C@H](CCN)C1. The van der Waals surface area contributed by atoms with E-state index in [2.05, 4.69) is 18.7 Å². The van der Waals surface area contributed by atoms with Gasteiger partial charge in [-0.2, -0.15) is 0 Å². The van der Waals surface area contributed by atoms with E-state index in [9.17, 15) is 0 Å². The van der Waals surface area contributed by atoms with Crippen LogP contribution >= 0.6 is 0 Å². The summed E-state index contributed by atoms with van der Waals surface area (Å²) < 4.78 is 0. The second-order valence-electron chi connectivity index (χ2n) is 3.82. The van der Waals surface area contributed by atoms with Gasteiger partial charge in [0.25, 0.3) is 0 Å². The monoisotopic (exact) mass is 156 g/mol. The summed E-state index contributed by atoms with van der Waals surface area (Å²) in [5.41, 5.74) is 5.51. The van der Waals surface area contributed by atoms with Gasteiger partial charge in [-0.15, -0.1) is 0 Å². The van der Waals surface area contributed by atoms with Crippen molar-refractivity contribution >= 4 is 0 Å². The first-order valence-corrected chi connectivity index (χ1v) is 4.68. The predicted octanol–water partition coefficient (Wildman–Crippen LogP) is 1.07. The number of hydrogen-bond donors (Lipinski definition) is 1. The smallest absolute Gasteiger partial charge is 0.00387 e. The molecule has 1 aliphatic heterocycles. The summed E-state index contributed by atoms with van der Waals surface area (Å²) in [4.78, 5) is 2.54. The molecule has 1 rings (SSSR count). The first-order chi connectivity index (χ1) is 5.24. The molecular weight excluding hydrogens is 136 g/mol. The summed E-state index contributed by atoms with van der Waals surface area (Å²) in [6, 6.07) is 0.720. The molecule has 0 amide bonds. The number of nitrogens with zero attached hydrogens (tertiary/aromatic N) is 1. The highest BCUT2D eigenvalue weighted by atomic mass is 15.2. The number of likely N-dealkylation sites (tertiary alicyclic amines) is 1. The molecule has 1 heterocycles. The molecule has 0 aliphatic carbocycles. The maximum Gasteiger partial charge on any atom is 0.00387 e. The average Bonchev–Trinajstić information content (AvgIpc) is 2.37. The molecule has 11 heavy (non-hydrogen) atoms. The Morgan fingerprint density at radius 1 is 1.55 bits per heavy atom. The first kappa shape index (κ1) is 9.01. The van der Waals surface area contributed by atoms with E-state index < -0.39 is 0 Å². The van der Waals surface area contributed by atoms with Gasteiger partial charge in [0.1, 0.15) is 0 Å². The van der Waals surface area contributed by atoms with E-state index in [1.807, 2.05) is 0 Å². The van der Waals surface area contributed by atoms with Crippen LogP contribution in [0.25, 0.3) is 0 Å². The van der Waals surface area contributed by atoms with E-state index in [0.717, 1.165) is 18.5 Å². The Hall–Kier alpha value is -0.0800. The van der Waals surface area contributed by atoms with Crippen molar-refractivity contribution in [2.45, 2.75) is 32.7 Å². The summed E-state index contributed by atoms with van der Waals surface area (Å²) >= 11 is 0. The fourth-order valence-electron chi connectivity index (χ4n) is 1.80. The molecule has 0 aromatic heterocycles. The molecule has 0 radical (unpaired) electrons. The summed E-state index contributed by atoms with van der Waals surface area (Å²) in [7, 11) is 0. The molecule has 0 aromatic carbocycles. The molecule has 0 spiro atoms. The zero-order valence-electron chi connectivity index (χ0n) is 7.71. The van der Waals surface area contributed by atoms with Crippen LogP contribution in [0.5, 0.6) is 0 Å². The quantitative estimate of drug-likeness (QED) is 0.662. The van der Waals surface area contributed by atoms with E-state index >= 15 is 0 Å². The van der Waals surface area contributed by atoms with Crippen LogP contribution in [-0.4, -0.2) is 30.6 Å². The van der Waals surface area contributed by atoms with Crippen molar-refractivity contribution in [2.75, 3.05) is 19.6 Å². The molecule has 1 saturated heterocycles. The first-order valence-electron chi connectivity index (χ1n) is 4.68. The third-order valence-corrected chi connectivity index (χ3v) is 2.62. The minimum atomic E-state index is 0.720. The van der Waals surface area contributed by atoms with Gasteiger partial charge in [-0.1, -0.05) is 0 Å². The summed E-state index contributed by atoms with van der Waals surface area (Å²) in [6.07, 6.45) is 2.57. The van der Waals surface area contributed by atoms with Crippen LogP contribution in [0.4, 0.5) is 0 Å². The van der Waals surface area contributed by atoms with Gasteiger partial charge in [0, 0.05) is 12.6 Å². The van der Waals surface area contributed by atoms with Crippen LogP contribution in [0.3, 0.4) is 0 Å². The lowest BCUT2D eigenvalue weighted by Gasteiger charge is -2.19. The van der Waals surface area contributed by atoms with Crippen LogP contribution in [0, 0.1) is 5.92 Å². The fourth-order valence-corrected chi connectivity index (χ4v) is 1.80. The fraction of sp³-hybridized carbons (Fsp3) is 1.00. The van der Waals surface area contributed by atoms with Gasteiger partial charge in [0.15, 0.2) is 0 Å². The summed E-state index contributed by atoms with van der Waals surface area (Å²) in [5.74, 6) is 0.877. The molecule has 66 valence electrons. The van der Waals surface area contributed by atoms with Crippen molar-refractivity contribution < 1.29 is 0 Å². The van der Waals surface area contributed by atoms with E-state index in [0.29, 0.717) is 0 Å². The van der Waals surface area contributed by atoms with Crippen molar-refractivity contribution in [3.05, 3.63) is 0 Å². The zero-order chi connectivity index (χ0) is 8.27. The van der Waals surface area contributed by atoms with E-state index in [1.54, 1.807) is 0 Å². The van der Waals surface area contributed by atoms with Crippen LogP contribution in [0.15, 0.2) is 0 Å². The summed E-state index contributed by atoms with van der Waals surface area (Å²) in [5, 5.41) is 0. The van der Waals surface area contributed by atoms with Crippen molar-refractivity contribution in [1.82, 2.24) is 4.90 Å². The Morgan fingerprint density at radius 3 is 2.73 bits per heavy atom. The molecule has 1 atom stereocenters. The second-order valence-corrected chi connectivity index (χ2v) is 3.82. The maximum atomic E-state index is 5.51. The van der Waals surface area contributed by atoms with Gasteiger partial charge in [-0.05, 0) is 45.7 Å². The molecule has 2 heteroatoms. The molecule has 2 nitrogen and oxygen atoms in total. The molecule has 1 aliphatic rings. The number of hydrogen-bond acceptors (Lipinski definition) is 2. The lowest BCUT2D eigenvalue weighted by Crippen LogP contribution is -2.28. The predicted molar refractivity (Wildman–Crippen MR) is 48.5 cm³/mol. The minimum absolute atomic E-state index is 0.720. The topological polar surface area (TPSA) is 29.3 Å². The second kappa shape index (κ2) is 4.07. The molecule has 0 bridgehead atoms. The number of rotatable bonds is 3. The Kier molecular flexibility index (Phi) is 3.34. The van der Waals surface area contributed by atoms with Gasteiger partial charge in [-0.3, -0.25) is 0 Å². The zero-order valence-corrected chi connectivity index (χ0v) is 7.71. The van der Waals surface area contributed by atoms with E-state index in [-0.39, 0.29) is 0 Å². The van der Waals surface area contributed by atoms with Gasteiger partial charge in [0.2, 0.25) is 0 Å². The van der Waals surface area contributed by atoms with E-state index in [1.165, 1.54) is 25.9 Å². The molecule has 0 saturated carbocycles. The average molecular weight is 156 g/mol. The maximum absolute atomic E-state index is 5.51. The highest BCUT2D eigenvalue weighted by Gasteiger charge is 2.22. The van der Waals surface area contributed by atoms with Crippen molar-refractivity contribution in [3.8, 4) is 0 Å². The summed E-state index contributed by atoms with van der Waals surface area (Å²) in [6.45, 7) is 7.95. The Balaban J connectivity index is 2.23. The van der Waals surface area contributed by atoms with Crippen molar-refractivity contribution in [2.24, 2.45) is 11.7 Å². The van der Waals surface area contributed by atoms with Crippen LogP contribution in [-0.2, 0) is 0 Å². The van der Waals surface area contributed by atoms with Crippen LogP contribution < -0.4 is 5.73 Å². The van der Waals surface area contributed by atoms with Gasteiger partial charge in [0.05, 0.1) is 0 Å². The Labute approximate surface area is 69.8 Å². The molecule has 1 fully saturated rings. The largest absolute Gasteiger partial charge is 0.330 e. The lowest BCUT2D eigenvalue weighted by molar-refractivity contribution is 0.263. The third kappa shape index (κ3) is 2.46. The molecule has 0 aromatic rings. The van der Waals surface area contributed by atoms with Gasteiger partial charge in [-0.25, -0.2) is 0 Å². The Morgan fingerprint density at radius 2 is 2.27 bits per heavy atom. The standard InChI is InChI=1S/C9H20N2/c1-8(2)11-6-4-9(7-11)3-5-10/h8-9H,3-7,10H2,1-2H3/t9-/m0/s1. The van der Waals surface area contributed by atoms with Gasteiger partial charge >= 0.3 is 0 Å². The van der Waals surface area contributed by atoms with Crippen LogP contribution in [0.1, 0.15) is 26.7 Å². The molecule has 2 N–H and O–H groups in total. The normalized spacial score (nSPS) is 26.7. The van der Waals surface area contributed by atoms with Crippen molar-refractivity contribution in [3.63, 3.8) is 0 Å². The minimum Gasteiger partial charge on any atom is -0.330 e. The van der Waals surface area contributed by atoms with Gasteiger partial charge < -0.3 is 10.6 Å². The molecule has 0 unspecified atom stereocenters. The lowest BCUT2D eigenvalue weighted by atomic mass is 10.1. The highest BCUT2D eigenvalue weighted by molar-refractivity contribution is 4.77.